The molecule has 2 aromatic heterocycles. The maximum Gasteiger partial charge on any atom is 0.161 e. The van der Waals surface area contributed by atoms with Crippen molar-refractivity contribution in [1.29, 1.82) is 0 Å². The van der Waals surface area contributed by atoms with Gasteiger partial charge in [-0.2, -0.15) is 0 Å². The van der Waals surface area contributed by atoms with Crippen LogP contribution >= 0.6 is 11.3 Å². The molecule has 1 aliphatic heterocycles. The predicted molar refractivity (Wildman–Crippen MR) is 97.7 cm³/mol. The van der Waals surface area contributed by atoms with E-state index in [0.717, 1.165) is 37.7 Å². The number of rotatable bonds is 6. The molecule has 0 radical (unpaired) electrons. The van der Waals surface area contributed by atoms with Crippen molar-refractivity contribution in [2.45, 2.75) is 26.8 Å². The average Bonchev–Trinajstić information content (AvgIpc) is 3.17. The summed E-state index contributed by atoms with van der Waals surface area (Å²) in [6.07, 6.45) is 2.87. The van der Waals surface area contributed by atoms with Crippen molar-refractivity contribution < 1.29 is 4.79 Å². The standard InChI is InChI=1S/C18H24N4OS/c1-13-17(24-12-20-13)11-21(3)9-15-6-7-22(10-15)18-5-4-16(8-19-18)14(2)23/h4-5,8,12,15H,6-7,9-11H2,1-3H3. The molecule has 3 rings (SSSR count). The van der Waals surface area contributed by atoms with Gasteiger partial charge in [-0.1, -0.05) is 0 Å². The highest BCUT2D eigenvalue weighted by Gasteiger charge is 2.24. The topological polar surface area (TPSA) is 49.3 Å². The SMILES string of the molecule is CC(=O)c1ccc(N2CCC(CN(C)Cc3scnc3C)C2)nc1. The first-order valence-electron chi connectivity index (χ1n) is 8.32. The van der Waals surface area contributed by atoms with Crippen molar-refractivity contribution >= 4 is 22.9 Å². The monoisotopic (exact) mass is 344 g/mol. The third-order valence-electron chi connectivity index (χ3n) is 4.59. The summed E-state index contributed by atoms with van der Waals surface area (Å²) in [4.78, 5) is 26.2. The molecular formula is C18H24N4OS. The zero-order valence-corrected chi connectivity index (χ0v) is 15.3. The Labute approximate surface area is 147 Å². The number of carbonyl (C=O) groups is 1. The Morgan fingerprint density at radius 3 is 2.88 bits per heavy atom. The highest BCUT2D eigenvalue weighted by Crippen LogP contribution is 2.24. The van der Waals surface area contributed by atoms with Crippen LogP contribution in [0.5, 0.6) is 0 Å². The first-order valence-corrected chi connectivity index (χ1v) is 9.20. The second-order valence-corrected chi connectivity index (χ2v) is 7.56. The molecule has 128 valence electrons. The van der Waals surface area contributed by atoms with Crippen LogP contribution in [0, 0.1) is 12.8 Å². The molecule has 1 fully saturated rings. The molecule has 0 bridgehead atoms. The van der Waals surface area contributed by atoms with E-state index in [1.807, 2.05) is 17.6 Å². The summed E-state index contributed by atoms with van der Waals surface area (Å²) < 4.78 is 0. The Morgan fingerprint density at radius 2 is 2.25 bits per heavy atom. The quantitative estimate of drug-likeness (QED) is 0.754. The van der Waals surface area contributed by atoms with E-state index in [0.29, 0.717) is 11.5 Å². The number of aryl methyl sites for hydroxylation is 1. The smallest absolute Gasteiger partial charge is 0.161 e. The fourth-order valence-corrected chi connectivity index (χ4v) is 4.06. The van der Waals surface area contributed by atoms with Gasteiger partial charge in [-0.15, -0.1) is 11.3 Å². The lowest BCUT2D eigenvalue weighted by Crippen LogP contribution is -2.28. The van der Waals surface area contributed by atoms with Crippen molar-refractivity contribution in [1.82, 2.24) is 14.9 Å². The molecule has 0 aromatic carbocycles. The van der Waals surface area contributed by atoms with Crippen molar-refractivity contribution in [2.75, 3.05) is 31.6 Å². The Morgan fingerprint density at radius 1 is 1.42 bits per heavy atom. The van der Waals surface area contributed by atoms with Crippen LogP contribution in [-0.4, -0.2) is 47.3 Å². The first-order chi connectivity index (χ1) is 11.5. The molecule has 1 saturated heterocycles. The lowest BCUT2D eigenvalue weighted by molar-refractivity contribution is 0.101. The van der Waals surface area contributed by atoms with Crippen molar-refractivity contribution in [3.05, 3.63) is 40.0 Å². The lowest BCUT2D eigenvalue weighted by atomic mass is 10.1. The molecule has 0 N–H and O–H groups in total. The molecule has 24 heavy (non-hydrogen) atoms. The Balaban J connectivity index is 1.53. The van der Waals surface area contributed by atoms with E-state index in [-0.39, 0.29) is 5.78 Å². The van der Waals surface area contributed by atoms with Crippen LogP contribution in [0.2, 0.25) is 0 Å². The summed E-state index contributed by atoms with van der Waals surface area (Å²) in [5.41, 5.74) is 3.75. The van der Waals surface area contributed by atoms with Gasteiger partial charge in [0.05, 0.1) is 11.2 Å². The van der Waals surface area contributed by atoms with Crippen LogP contribution in [0.1, 0.15) is 34.3 Å². The normalized spacial score (nSPS) is 17.7. The number of nitrogens with zero attached hydrogens (tertiary/aromatic N) is 4. The van der Waals surface area contributed by atoms with E-state index in [9.17, 15) is 4.79 Å². The van der Waals surface area contributed by atoms with E-state index in [1.165, 1.54) is 11.3 Å². The van der Waals surface area contributed by atoms with Gasteiger partial charge in [0.15, 0.2) is 5.78 Å². The van der Waals surface area contributed by atoms with Crippen LogP contribution in [-0.2, 0) is 6.54 Å². The minimum Gasteiger partial charge on any atom is -0.356 e. The molecule has 6 heteroatoms. The number of thiazole rings is 1. The maximum atomic E-state index is 11.3. The van der Waals surface area contributed by atoms with E-state index >= 15 is 0 Å². The molecule has 0 saturated carbocycles. The van der Waals surface area contributed by atoms with Gasteiger partial charge >= 0.3 is 0 Å². The second kappa shape index (κ2) is 7.40. The zero-order valence-electron chi connectivity index (χ0n) is 14.5. The van der Waals surface area contributed by atoms with Crippen molar-refractivity contribution in [3.63, 3.8) is 0 Å². The first kappa shape index (κ1) is 17.0. The number of anilines is 1. The fraction of sp³-hybridized carbons (Fsp3) is 0.500. The number of Topliss-reactive ketones (excluding diaryl/α,β-unsaturated/α-hetero) is 1. The lowest BCUT2D eigenvalue weighted by Gasteiger charge is -2.21. The van der Waals surface area contributed by atoms with Gasteiger partial charge in [0.25, 0.3) is 0 Å². The number of pyridine rings is 1. The van der Waals surface area contributed by atoms with Crippen LogP contribution in [0.25, 0.3) is 0 Å². The summed E-state index contributed by atoms with van der Waals surface area (Å²) in [5.74, 6) is 1.69. The van der Waals surface area contributed by atoms with Crippen LogP contribution < -0.4 is 4.90 Å². The average molecular weight is 344 g/mol. The van der Waals surface area contributed by atoms with Gasteiger partial charge in [-0.25, -0.2) is 9.97 Å². The molecule has 0 spiro atoms. The fourth-order valence-electron chi connectivity index (χ4n) is 3.20. The second-order valence-electron chi connectivity index (χ2n) is 6.62. The summed E-state index contributed by atoms with van der Waals surface area (Å²) in [6, 6.07) is 3.83. The highest BCUT2D eigenvalue weighted by molar-refractivity contribution is 7.09. The van der Waals surface area contributed by atoms with Gasteiger partial charge < -0.3 is 9.80 Å². The number of ketones is 1. The van der Waals surface area contributed by atoms with Crippen molar-refractivity contribution in [2.24, 2.45) is 5.92 Å². The Bertz CT molecular complexity index is 697. The molecule has 1 atom stereocenters. The Kier molecular flexibility index (Phi) is 5.26. The summed E-state index contributed by atoms with van der Waals surface area (Å²) in [5, 5.41) is 0. The highest BCUT2D eigenvalue weighted by atomic mass is 32.1. The Hall–Kier alpha value is -1.79. The van der Waals surface area contributed by atoms with Gasteiger partial charge in [0.1, 0.15) is 5.82 Å². The third kappa shape index (κ3) is 3.99. The largest absolute Gasteiger partial charge is 0.356 e. The maximum absolute atomic E-state index is 11.3. The molecule has 0 aliphatic carbocycles. The van der Waals surface area contributed by atoms with Gasteiger partial charge in [0, 0.05) is 42.8 Å². The predicted octanol–water partition coefficient (Wildman–Crippen LogP) is 3.01. The molecular weight excluding hydrogens is 320 g/mol. The summed E-state index contributed by atoms with van der Waals surface area (Å²) >= 11 is 1.74. The third-order valence-corrected chi connectivity index (χ3v) is 5.51. The van der Waals surface area contributed by atoms with E-state index in [1.54, 1.807) is 24.5 Å². The molecule has 5 nitrogen and oxygen atoms in total. The molecule has 0 amide bonds. The summed E-state index contributed by atoms with van der Waals surface area (Å²) in [6.45, 7) is 7.76. The molecule has 2 aromatic rings. The molecule has 3 heterocycles. The van der Waals surface area contributed by atoms with Gasteiger partial charge in [0.2, 0.25) is 0 Å². The van der Waals surface area contributed by atoms with Crippen molar-refractivity contribution in [3.8, 4) is 0 Å². The number of carbonyl (C=O) groups excluding carboxylic acids is 1. The van der Waals surface area contributed by atoms with E-state index in [4.69, 9.17) is 0 Å². The van der Waals surface area contributed by atoms with Crippen LogP contribution in [0.3, 0.4) is 0 Å². The van der Waals surface area contributed by atoms with Crippen LogP contribution in [0.15, 0.2) is 23.8 Å². The van der Waals surface area contributed by atoms with Gasteiger partial charge in [-0.05, 0) is 45.4 Å². The summed E-state index contributed by atoms with van der Waals surface area (Å²) in [7, 11) is 2.18. The minimum atomic E-state index is 0.0633. The molecule has 1 unspecified atom stereocenters. The van der Waals surface area contributed by atoms with E-state index < -0.39 is 0 Å². The number of hydrogen-bond donors (Lipinski definition) is 0. The molecule has 1 aliphatic rings. The van der Waals surface area contributed by atoms with Gasteiger partial charge in [-0.3, -0.25) is 4.79 Å². The minimum absolute atomic E-state index is 0.0633. The van der Waals surface area contributed by atoms with Crippen LogP contribution in [0.4, 0.5) is 5.82 Å². The number of aromatic nitrogens is 2. The number of hydrogen-bond acceptors (Lipinski definition) is 6. The van der Waals surface area contributed by atoms with E-state index in [2.05, 4.69) is 33.7 Å². The zero-order chi connectivity index (χ0) is 17.1.